The summed E-state index contributed by atoms with van der Waals surface area (Å²) in [5, 5.41) is 3.27. The van der Waals surface area contributed by atoms with Gasteiger partial charge in [-0.2, -0.15) is 0 Å². The molecule has 1 heterocycles. The van der Waals surface area contributed by atoms with Crippen molar-refractivity contribution in [1.82, 2.24) is 5.32 Å². The number of sulfone groups is 1. The first-order valence-corrected chi connectivity index (χ1v) is 8.77. The van der Waals surface area contributed by atoms with Gasteiger partial charge in [-0.15, -0.1) is 0 Å². The van der Waals surface area contributed by atoms with E-state index in [1.165, 1.54) is 5.56 Å². The van der Waals surface area contributed by atoms with Crippen LogP contribution in [0.1, 0.15) is 25.3 Å². The number of rotatable bonds is 5. The Morgan fingerprint density at radius 1 is 1.32 bits per heavy atom. The lowest BCUT2D eigenvalue weighted by Gasteiger charge is -2.38. The number of likely N-dealkylation sites (N-methyl/N-ethyl adjacent to an activating group) is 1. The van der Waals surface area contributed by atoms with Crippen molar-refractivity contribution in [3.05, 3.63) is 35.9 Å². The number of benzene rings is 1. The zero-order chi connectivity index (χ0) is 13.9. The predicted octanol–water partition coefficient (Wildman–Crippen LogP) is 1.99. The molecule has 0 bridgehead atoms. The van der Waals surface area contributed by atoms with Crippen LogP contribution < -0.4 is 5.32 Å². The third kappa shape index (κ3) is 2.84. The van der Waals surface area contributed by atoms with Gasteiger partial charge in [-0.3, -0.25) is 0 Å². The van der Waals surface area contributed by atoms with Crippen molar-refractivity contribution in [3.63, 3.8) is 0 Å². The molecule has 1 aliphatic rings. The van der Waals surface area contributed by atoms with E-state index >= 15 is 0 Å². The minimum atomic E-state index is -2.84. The van der Waals surface area contributed by atoms with Gasteiger partial charge in [0, 0.05) is 12.0 Å². The molecule has 0 amide bonds. The first-order valence-electron chi connectivity index (χ1n) is 6.94. The molecule has 2 rings (SSSR count). The number of hydrogen-bond acceptors (Lipinski definition) is 3. The molecule has 19 heavy (non-hydrogen) atoms. The van der Waals surface area contributed by atoms with E-state index in [4.69, 9.17) is 0 Å². The first-order chi connectivity index (χ1) is 9.04. The maximum atomic E-state index is 11.8. The zero-order valence-electron chi connectivity index (χ0n) is 11.7. The summed E-state index contributed by atoms with van der Waals surface area (Å²) in [6, 6.07) is 10.4. The molecule has 1 fully saturated rings. The molecule has 1 saturated heterocycles. The van der Waals surface area contributed by atoms with Crippen molar-refractivity contribution in [3.8, 4) is 0 Å². The molecule has 2 unspecified atom stereocenters. The second-order valence-corrected chi connectivity index (χ2v) is 7.73. The van der Waals surface area contributed by atoms with E-state index in [1.54, 1.807) is 0 Å². The molecule has 1 aliphatic heterocycles. The van der Waals surface area contributed by atoms with Gasteiger partial charge in [-0.1, -0.05) is 37.3 Å². The van der Waals surface area contributed by atoms with Crippen LogP contribution in [-0.4, -0.2) is 33.5 Å². The average molecular weight is 281 g/mol. The van der Waals surface area contributed by atoms with Crippen LogP contribution >= 0.6 is 0 Å². The lowest BCUT2D eigenvalue weighted by atomic mass is 9.68. The molecule has 0 saturated carbocycles. The van der Waals surface area contributed by atoms with Gasteiger partial charge in [0.1, 0.15) is 0 Å². The van der Waals surface area contributed by atoms with Gasteiger partial charge >= 0.3 is 0 Å². The van der Waals surface area contributed by atoms with Crippen LogP contribution in [-0.2, 0) is 15.3 Å². The van der Waals surface area contributed by atoms with Crippen molar-refractivity contribution < 1.29 is 8.42 Å². The van der Waals surface area contributed by atoms with Crippen LogP contribution in [0.4, 0.5) is 0 Å². The molecule has 0 radical (unpaired) electrons. The van der Waals surface area contributed by atoms with Crippen LogP contribution in [0.2, 0.25) is 0 Å². The van der Waals surface area contributed by atoms with Crippen molar-refractivity contribution in [2.24, 2.45) is 5.92 Å². The highest BCUT2D eigenvalue weighted by Crippen LogP contribution is 2.41. The van der Waals surface area contributed by atoms with Crippen molar-refractivity contribution in [2.45, 2.75) is 25.2 Å². The third-order valence-corrected chi connectivity index (χ3v) is 6.25. The van der Waals surface area contributed by atoms with Crippen LogP contribution in [0.3, 0.4) is 0 Å². The topological polar surface area (TPSA) is 46.2 Å². The Kier molecular flexibility index (Phi) is 4.31. The lowest BCUT2D eigenvalue weighted by Crippen LogP contribution is -2.43. The van der Waals surface area contributed by atoms with Gasteiger partial charge in [-0.25, -0.2) is 8.42 Å². The Hall–Kier alpha value is -0.870. The second kappa shape index (κ2) is 5.63. The van der Waals surface area contributed by atoms with E-state index in [9.17, 15) is 8.42 Å². The minimum absolute atomic E-state index is 0.0699. The second-order valence-electron chi connectivity index (χ2n) is 5.51. The van der Waals surface area contributed by atoms with Gasteiger partial charge in [-0.05, 0) is 31.4 Å². The predicted molar refractivity (Wildman–Crippen MR) is 79.1 cm³/mol. The highest BCUT2D eigenvalue weighted by molar-refractivity contribution is 7.91. The highest BCUT2D eigenvalue weighted by atomic mass is 32.2. The van der Waals surface area contributed by atoms with Crippen LogP contribution in [0.5, 0.6) is 0 Å². The zero-order valence-corrected chi connectivity index (χ0v) is 12.5. The largest absolute Gasteiger partial charge is 0.319 e. The Labute approximate surface area is 116 Å². The van der Waals surface area contributed by atoms with Crippen LogP contribution in [0.25, 0.3) is 0 Å². The van der Waals surface area contributed by atoms with E-state index in [2.05, 4.69) is 24.4 Å². The average Bonchev–Trinajstić information content (AvgIpc) is 2.78. The standard InChI is InChI=1S/C15H23NO2S/c1-3-15(12-16-2,13-7-5-4-6-8-13)14-9-10-19(17,18)11-14/h4-8,14,16H,3,9-12H2,1-2H3. The number of hydrogen-bond donors (Lipinski definition) is 1. The fourth-order valence-corrected chi connectivity index (χ4v) is 5.33. The van der Waals surface area contributed by atoms with Gasteiger partial charge in [0.25, 0.3) is 0 Å². The van der Waals surface area contributed by atoms with Gasteiger partial charge in [0.15, 0.2) is 9.84 Å². The molecule has 4 heteroatoms. The molecule has 1 aromatic rings. The molecule has 0 aliphatic carbocycles. The van der Waals surface area contributed by atoms with Crippen LogP contribution in [0, 0.1) is 5.92 Å². The number of nitrogens with one attached hydrogen (secondary N) is 1. The molecular formula is C15H23NO2S. The Morgan fingerprint density at radius 2 is 2.00 bits per heavy atom. The summed E-state index contributed by atoms with van der Waals surface area (Å²) in [6.07, 6.45) is 1.74. The minimum Gasteiger partial charge on any atom is -0.319 e. The molecule has 2 atom stereocenters. The summed E-state index contributed by atoms with van der Waals surface area (Å²) in [4.78, 5) is 0. The summed E-state index contributed by atoms with van der Waals surface area (Å²) < 4.78 is 23.6. The molecule has 1 N–H and O–H groups in total. The molecule has 0 aromatic heterocycles. The lowest BCUT2D eigenvalue weighted by molar-refractivity contribution is 0.273. The van der Waals surface area contributed by atoms with Crippen molar-refractivity contribution in [1.29, 1.82) is 0 Å². The van der Waals surface area contributed by atoms with E-state index in [-0.39, 0.29) is 11.3 Å². The Balaban J connectivity index is 2.40. The highest BCUT2D eigenvalue weighted by Gasteiger charge is 2.44. The van der Waals surface area contributed by atoms with Crippen molar-refractivity contribution in [2.75, 3.05) is 25.1 Å². The molecular weight excluding hydrogens is 258 g/mol. The molecule has 3 nitrogen and oxygen atoms in total. The fourth-order valence-electron chi connectivity index (χ4n) is 3.42. The van der Waals surface area contributed by atoms with Gasteiger partial charge < -0.3 is 5.32 Å². The molecule has 106 valence electrons. The molecule has 1 aromatic carbocycles. The normalized spacial score (nSPS) is 25.1. The van der Waals surface area contributed by atoms with Crippen LogP contribution in [0.15, 0.2) is 30.3 Å². The smallest absolute Gasteiger partial charge is 0.150 e. The third-order valence-electron chi connectivity index (χ3n) is 4.49. The summed E-state index contributed by atoms with van der Waals surface area (Å²) in [5.74, 6) is 0.894. The van der Waals surface area contributed by atoms with E-state index in [1.807, 2.05) is 25.2 Å². The monoisotopic (exact) mass is 281 g/mol. The first kappa shape index (κ1) is 14.5. The van der Waals surface area contributed by atoms with Gasteiger partial charge in [0.2, 0.25) is 0 Å². The summed E-state index contributed by atoms with van der Waals surface area (Å²) in [5.41, 5.74) is 1.19. The summed E-state index contributed by atoms with van der Waals surface area (Å²) in [7, 11) is -0.902. The maximum absolute atomic E-state index is 11.8. The van der Waals surface area contributed by atoms with Gasteiger partial charge in [0.05, 0.1) is 11.5 Å². The summed E-state index contributed by atoms with van der Waals surface area (Å²) in [6.45, 7) is 2.99. The SMILES string of the molecule is CCC(CNC)(c1ccccc1)C1CCS(=O)(=O)C1. The summed E-state index contributed by atoms with van der Waals surface area (Å²) >= 11 is 0. The van der Waals surface area contributed by atoms with E-state index in [0.29, 0.717) is 11.5 Å². The Bertz CT molecular complexity index is 512. The molecule has 0 spiro atoms. The Morgan fingerprint density at radius 3 is 2.47 bits per heavy atom. The van der Waals surface area contributed by atoms with Crippen molar-refractivity contribution >= 4 is 9.84 Å². The maximum Gasteiger partial charge on any atom is 0.150 e. The van der Waals surface area contributed by atoms with E-state index < -0.39 is 9.84 Å². The van der Waals surface area contributed by atoms with E-state index in [0.717, 1.165) is 19.4 Å². The fraction of sp³-hybridized carbons (Fsp3) is 0.600. The quantitative estimate of drug-likeness (QED) is 0.898.